The van der Waals surface area contributed by atoms with Crippen LogP contribution < -0.4 is 10.6 Å². The third kappa shape index (κ3) is 4.16. The van der Waals surface area contributed by atoms with Gasteiger partial charge < -0.3 is 20.7 Å². The topological polar surface area (TPSA) is 90.0 Å². The highest BCUT2D eigenvalue weighted by Crippen LogP contribution is 2.22. The number of aliphatic hydroxyl groups excluding tert-OH is 1. The summed E-state index contributed by atoms with van der Waals surface area (Å²) in [5.41, 5.74) is 0.776. The molecule has 0 saturated carbocycles. The van der Waals surface area contributed by atoms with Gasteiger partial charge in [0.15, 0.2) is 5.82 Å². The number of fused-ring (bicyclic) bond motifs is 1. The number of carbonyl (C=O) groups excluding carboxylic acids is 1. The van der Waals surface area contributed by atoms with Gasteiger partial charge in [0, 0.05) is 17.8 Å². The minimum atomic E-state index is -2.68. The molecule has 0 spiro atoms. The number of imidazole rings is 1. The molecule has 1 unspecified atom stereocenters. The Morgan fingerprint density at radius 1 is 1.48 bits per heavy atom. The summed E-state index contributed by atoms with van der Waals surface area (Å²) < 4.78 is 25.2. The number of carbonyl (C=O) groups is 1. The molecule has 2 aromatic rings. The lowest BCUT2D eigenvalue weighted by Crippen LogP contribution is -2.48. The molecule has 8 heteroatoms. The number of H-pyrrole nitrogens is 1. The van der Waals surface area contributed by atoms with Crippen molar-refractivity contribution in [1.29, 1.82) is 0 Å². The molecule has 0 aliphatic rings. The first kappa shape index (κ1) is 17.1. The van der Waals surface area contributed by atoms with Crippen LogP contribution in [0.1, 0.15) is 38.9 Å². The van der Waals surface area contributed by atoms with Crippen LogP contribution in [0.4, 0.5) is 19.3 Å². The number of alkyl halides is 2. The molecular weight excluding hydrogens is 306 g/mol. The van der Waals surface area contributed by atoms with Crippen LogP contribution in [0.15, 0.2) is 18.2 Å². The molecule has 6 nitrogen and oxygen atoms in total. The van der Waals surface area contributed by atoms with E-state index in [0.717, 1.165) is 0 Å². The fourth-order valence-electron chi connectivity index (χ4n) is 2.22. The van der Waals surface area contributed by atoms with Crippen molar-refractivity contribution in [2.45, 2.75) is 38.7 Å². The van der Waals surface area contributed by atoms with Gasteiger partial charge in [0.05, 0.1) is 11.0 Å². The van der Waals surface area contributed by atoms with Gasteiger partial charge in [0.25, 0.3) is 6.43 Å². The molecule has 0 aliphatic carbocycles. The number of aromatic nitrogens is 2. The maximum Gasteiger partial charge on any atom is 0.319 e. The van der Waals surface area contributed by atoms with Gasteiger partial charge in [-0.05, 0) is 38.0 Å². The maximum atomic E-state index is 12.6. The summed E-state index contributed by atoms with van der Waals surface area (Å²) in [6.45, 7) is 3.73. The van der Waals surface area contributed by atoms with E-state index in [0.29, 0.717) is 29.6 Å². The third-order valence-corrected chi connectivity index (χ3v) is 3.82. The molecule has 1 atom stereocenters. The SMILES string of the molecule is CCC(C)(CCO)NC(=O)Nc1ccc2nc(C(F)F)[nH]c2c1. The first-order chi connectivity index (χ1) is 10.9. The Balaban J connectivity index is 2.10. The van der Waals surface area contributed by atoms with Gasteiger partial charge in [-0.3, -0.25) is 0 Å². The van der Waals surface area contributed by atoms with E-state index in [2.05, 4.69) is 20.6 Å². The number of nitrogens with zero attached hydrogens (tertiary/aromatic N) is 1. The standard InChI is InChI=1S/C15H20F2N4O2/c1-3-15(2,6-7-22)21-14(23)18-9-4-5-10-11(8-9)20-13(19-10)12(16)17/h4-5,8,12,22H,3,6-7H2,1-2H3,(H,19,20)(H2,18,21,23). The highest BCUT2D eigenvalue weighted by atomic mass is 19.3. The van der Waals surface area contributed by atoms with E-state index >= 15 is 0 Å². The fraction of sp³-hybridized carbons (Fsp3) is 0.467. The zero-order valence-corrected chi connectivity index (χ0v) is 13.0. The van der Waals surface area contributed by atoms with Crippen molar-refractivity contribution in [3.63, 3.8) is 0 Å². The molecule has 0 saturated heterocycles. The monoisotopic (exact) mass is 326 g/mol. The Kier molecular flexibility index (Phi) is 5.15. The van der Waals surface area contributed by atoms with Crippen LogP contribution in [0.5, 0.6) is 0 Å². The molecule has 126 valence electrons. The van der Waals surface area contributed by atoms with Crippen LogP contribution in [0, 0.1) is 0 Å². The number of aromatic amines is 1. The normalized spacial score (nSPS) is 14.0. The molecule has 4 N–H and O–H groups in total. The Bertz CT molecular complexity index is 689. The van der Waals surface area contributed by atoms with E-state index in [4.69, 9.17) is 5.11 Å². The van der Waals surface area contributed by atoms with Crippen molar-refractivity contribution < 1.29 is 18.7 Å². The Hall–Kier alpha value is -2.22. The molecule has 23 heavy (non-hydrogen) atoms. The van der Waals surface area contributed by atoms with Gasteiger partial charge in [0.2, 0.25) is 0 Å². The second kappa shape index (κ2) is 6.91. The Morgan fingerprint density at radius 3 is 2.83 bits per heavy atom. The molecule has 2 rings (SSSR count). The van der Waals surface area contributed by atoms with E-state index in [1.165, 1.54) is 0 Å². The van der Waals surface area contributed by atoms with Crippen LogP contribution in [-0.4, -0.2) is 33.3 Å². The quantitative estimate of drug-likeness (QED) is 0.657. The van der Waals surface area contributed by atoms with Crippen molar-refractivity contribution in [2.75, 3.05) is 11.9 Å². The molecule has 0 bridgehead atoms. The number of urea groups is 1. The molecular formula is C15H20F2N4O2. The molecule has 1 heterocycles. The summed E-state index contributed by atoms with van der Waals surface area (Å²) in [6.07, 6.45) is -1.57. The number of benzene rings is 1. The van der Waals surface area contributed by atoms with E-state index in [-0.39, 0.29) is 6.61 Å². The van der Waals surface area contributed by atoms with Crippen molar-refractivity contribution in [2.24, 2.45) is 0 Å². The van der Waals surface area contributed by atoms with E-state index in [1.54, 1.807) is 18.2 Å². The number of halogens is 2. The lowest BCUT2D eigenvalue weighted by atomic mass is 9.95. The zero-order valence-electron chi connectivity index (χ0n) is 13.0. The molecule has 0 radical (unpaired) electrons. The lowest BCUT2D eigenvalue weighted by Gasteiger charge is -2.29. The molecule has 1 aromatic carbocycles. The predicted octanol–water partition coefficient (Wildman–Crippen LogP) is 3.17. The van der Waals surface area contributed by atoms with Gasteiger partial charge >= 0.3 is 6.03 Å². The Labute approximate surface area is 132 Å². The third-order valence-electron chi connectivity index (χ3n) is 3.82. The number of hydrogen-bond donors (Lipinski definition) is 4. The van der Waals surface area contributed by atoms with Gasteiger partial charge in [-0.2, -0.15) is 0 Å². The average molecular weight is 326 g/mol. The highest BCUT2D eigenvalue weighted by Gasteiger charge is 2.23. The van der Waals surface area contributed by atoms with E-state index < -0.39 is 23.8 Å². The summed E-state index contributed by atoms with van der Waals surface area (Å²) in [4.78, 5) is 18.4. The summed E-state index contributed by atoms with van der Waals surface area (Å²) >= 11 is 0. The first-order valence-corrected chi connectivity index (χ1v) is 7.34. The van der Waals surface area contributed by atoms with Crippen LogP contribution in [0.2, 0.25) is 0 Å². The smallest absolute Gasteiger partial charge is 0.319 e. The molecule has 0 aliphatic heterocycles. The summed E-state index contributed by atoms with van der Waals surface area (Å²) in [7, 11) is 0. The number of amides is 2. The molecule has 2 amide bonds. The van der Waals surface area contributed by atoms with Gasteiger partial charge in [0.1, 0.15) is 0 Å². The van der Waals surface area contributed by atoms with Crippen molar-refractivity contribution >= 4 is 22.8 Å². The number of aliphatic hydroxyl groups is 1. The van der Waals surface area contributed by atoms with Gasteiger partial charge in [-0.1, -0.05) is 6.92 Å². The average Bonchev–Trinajstić information content (AvgIpc) is 2.90. The van der Waals surface area contributed by atoms with Crippen molar-refractivity contribution in [3.05, 3.63) is 24.0 Å². The van der Waals surface area contributed by atoms with Crippen molar-refractivity contribution in [1.82, 2.24) is 15.3 Å². The number of hydrogen-bond acceptors (Lipinski definition) is 3. The van der Waals surface area contributed by atoms with Crippen LogP contribution >= 0.6 is 0 Å². The largest absolute Gasteiger partial charge is 0.396 e. The van der Waals surface area contributed by atoms with E-state index in [9.17, 15) is 13.6 Å². The first-order valence-electron chi connectivity index (χ1n) is 7.34. The van der Waals surface area contributed by atoms with E-state index in [1.807, 2.05) is 13.8 Å². The van der Waals surface area contributed by atoms with Crippen LogP contribution in [-0.2, 0) is 0 Å². The van der Waals surface area contributed by atoms with Gasteiger partial charge in [-0.25, -0.2) is 18.6 Å². The molecule has 0 fully saturated rings. The minimum Gasteiger partial charge on any atom is -0.396 e. The zero-order chi connectivity index (χ0) is 17.0. The fourth-order valence-corrected chi connectivity index (χ4v) is 2.22. The number of rotatable bonds is 6. The number of nitrogens with one attached hydrogen (secondary N) is 3. The minimum absolute atomic E-state index is 0.0267. The summed E-state index contributed by atoms with van der Waals surface area (Å²) in [5.74, 6) is -0.400. The summed E-state index contributed by atoms with van der Waals surface area (Å²) in [6, 6.07) is 4.27. The number of anilines is 1. The predicted molar refractivity (Wildman–Crippen MR) is 83.6 cm³/mol. The second-order valence-corrected chi connectivity index (χ2v) is 5.62. The van der Waals surface area contributed by atoms with Gasteiger partial charge in [-0.15, -0.1) is 0 Å². The summed E-state index contributed by atoms with van der Waals surface area (Å²) in [5, 5.41) is 14.5. The lowest BCUT2D eigenvalue weighted by molar-refractivity contribution is 0.142. The Morgan fingerprint density at radius 2 is 2.22 bits per heavy atom. The highest BCUT2D eigenvalue weighted by molar-refractivity contribution is 5.92. The van der Waals surface area contributed by atoms with Crippen LogP contribution in [0.25, 0.3) is 11.0 Å². The van der Waals surface area contributed by atoms with Crippen LogP contribution in [0.3, 0.4) is 0 Å². The molecule has 1 aromatic heterocycles. The second-order valence-electron chi connectivity index (χ2n) is 5.62. The van der Waals surface area contributed by atoms with Crippen molar-refractivity contribution in [3.8, 4) is 0 Å². The maximum absolute atomic E-state index is 12.6.